The Hall–Kier alpha value is -1.81. The highest BCUT2D eigenvalue weighted by atomic mass is 35.5. The molecule has 114 valence electrons. The zero-order valence-corrected chi connectivity index (χ0v) is 12.7. The highest BCUT2D eigenvalue weighted by molar-refractivity contribution is 6.32. The number of ether oxygens (including phenoxy) is 1. The topological polar surface area (TPSA) is 63.6 Å². The number of halogens is 1. The van der Waals surface area contributed by atoms with Crippen molar-refractivity contribution >= 4 is 23.5 Å². The molecule has 0 amide bonds. The van der Waals surface area contributed by atoms with Crippen LogP contribution in [-0.2, 0) is 19.7 Å². The van der Waals surface area contributed by atoms with Crippen molar-refractivity contribution in [3.63, 3.8) is 0 Å². The van der Waals surface area contributed by atoms with Gasteiger partial charge in [-0.3, -0.25) is 9.59 Å². The van der Waals surface area contributed by atoms with Gasteiger partial charge in [-0.1, -0.05) is 35.9 Å². The molecule has 1 unspecified atom stereocenters. The molecule has 1 aromatic carbocycles. The number of aliphatic carboxylic acids is 1. The molecule has 0 fully saturated rings. The number of hydrogen-bond acceptors (Lipinski definition) is 3. The van der Waals surface area contributed by atoms with Gasteiger partial charge in [-0.25, -0.2) is 0 Å². The van der Waals surface area contributed by atoms with E-state index in [1.165, 1.54) is 0 Å². The van der Waals surface area contributed by atoms with Gasteiger partial charge in [-0.2, -0.15) is 0 Å². The molecule has 5 heteroatoms. The highest BCUT2D eigenvalue weighted by Crippen LogP contribution is 2.36. The zero-order chi connectivity index (χ0) is 15.9. The monoisotopic (exact) mass is 310 g/mol. The van der Waals surface area contributed by atoms with Crippen molar-refractivity contribution in [3.8, 4) is 0 Å². The molecule has 0 bridgehead atoms. The van der Waals surface area contributed by atoms with Gasteiger partial charge < -0.3 is 9.84 Å². The number of unbranched alkanes of at least 4 members (excludes halogenated alkanes) is 1. The van der Waals surface area contributed by atoms with E-state index in [-0.39, 0.29) is 23.6 Å². The first-order chi connectivity index (χ1) is 10.0. The second-order valence-corrected chi connectivity index (χ2v) is 5.00. The lowest BCUT2D eigenvalue weighted by molar-refractivity contribution is -0.162. The lowest BCUT2D eigenvalue weighted by Gasteiger charge is -2.28. The predicted molar refractivity (Wildman–Crippen MR) is 81.4 cm³/mol. The first-order valence-corrected chi connectivity index (χ1v) is 7.15. The molecule has 0 saturated heterocycles. The van der Waals surface area contributed by atoms with E-state index in [1.54, 1.807) is 37.3 Å². The zero-order valence-electron chi connectivity index (χ0n) is 12.0. The largest absolute Gasteiger partial charge is 0.480 e. The third kappa shape index (κ3) is 3.64. The van der Waals surface area contributed by atoms with Gasteiger partial charge >= 0.3 is 11.9 Å². The van der Waals surface area contributed by atoms with Gasteiger partial charge in [-0.05, 0) is 37.8 Å². The first kappa shape index (κ1) is 17.2. The van der Waals surface area contributed by atoms with Gasteiger partial charge in [0.2, 0.25) is 0 Å². The van der Waals surface area contributed by atoms with Crippen molar-refractivity contribution in [1.82, 2.24) is 0 Å². The Morgan fingerprint density at radius 2 is 2.10 bits per heavy atom. The Morgan fingerprint density at radius 3 is 2.62 bits per heavy atom. The second kappa shape index (κ2) is 7.84. The summed E-state index contributed by atoms with van der Waals surface area (Å²) in [5, 5.41) is 9.95. The summed E-state index contributed by atoms with van der Waals surface area (Å²) < 4.78 is 5.00. The number of carboxylic acid groups (broad SMARTS) is 1. The van der Waals surface area contributed by atoms with Crippen LogP contribution in [0.25, 0.3) is 0 Å². The maximum Gasteiger partial charge on any atom is 0.328 e. The van der Waals surface area contributed by atoms with Crippen LogP contribution in [0.4, 0.5) is 0 Å². The summed E-state index contributed by atoms with van der Waals surface area (Å²) in [6.07, 6.45) is 2.90. The molecule has 0 radical (unpaired) electrons. The molecular formula is C16H19ClO4. The lowest BCUT2D eigenvalue weighted by atomic mass is 9.76. The quantitative estimate of drug-likeness (QED) is 0.345. The molecule has 0 spiro atoms. The van der Waals surface area contributed by atoms with Crippen LogP contribution in [0.1, 0.15) is 31.7 Å². The summed E-state index contributed by atoms with van der Waals surface area (Å²) >= 11 is 6.12. The molecule has 1 atom stereocenters. The smallest absolute Gasteiger partial charge is 0.328 e. The number of carboxylic acids is 1. The Morgan fingerprint density at radius 1 is 1.43 bits per heavy atom. The molecule has 0 aromatic heterocycles. The molecule has 0 heterocycles. The number of benzene rings is 1. The van der Waals surface area contributed by atoms with E-state index in [0.717, 1.165) is 0 Å². The summed E-state index contributed by atoms with van der Waals surface area (Å²) in [5.74, 6) is -2.03. The van der Waals surface area contributed by atoms with Crippen molar-refractivity contribution in [2.45, 2.75) is 31.6 Å². The average Bonchev–Trinajstić information content (AvgIpc) is 2.44. The summed E-state index contributed by atoms with van der Waals surface area (Å²) in [5.41, 5.74) is -1.51. The first-order valence-electron chi connectivity index (χ1n) is 6.77. The maximum absolute atomic E-state index is 12.4. The number of esters is 1. The lowest BCUT2D eigenvalue weighted by Crippen LogP contribution is -2.45. The molecule has 1 aromatic rings. The molecule has 0 aliphatic rings. The van der Waals surface area contributed by atoms with Crippen LogP contribution < -0.4 is 0 Å². The fourth-order valence-electron chi connectivity index (χ4n) is 2.23. The Kier molecular flexibility index (Phi) is 6.43. The Labute approximate surface area is 129 Å². The highest BCUT2D eigenvalue weighted by Gasteiger charge is 2.49. The van der Waals surface area contributed by atoms with Crippen LogP contribution in [0.15, 0.2) is 36.9 Å². The molecule has 4 nitrogen and oxygen atoms in total. The maximum atomic E-state index is 12.4. The van der Waals surface area contributed by atoms with Gasteiger partial charge in [0, 0.05) is 5.02 Å². The van der Waals surface area contributed by atoms with Crippen molar-refractivity contribution in [3.05, 3.63) is 47.5 Å². The van der Waals surface area contributed by atoms with Gasteiger partial charge in [0.25, 0.3) is 0 Å². The van der Waals surface area contributed by atoms with Gasteiger partial charge in [0.15, 0.2) is 5.41 Å². The van der Waals surface area contributed by atoms with E-state index in [9.17, 15) is 14.7 Å². The van der Waals surface area contributed by atoms with Crippen LogP contribution in [0.3, 0.4) is 0 Å². The van der Waals surface area contributed by atoms with Crippen molar-refractivity contribution in [2.75, 3.05) is 6.61 Å². The standard InChI is InChI=1S/C16H19ClO4/c1-3-5-8-11-16(14(18)19,15(20)21-4-2)12-9-6-7-10-13(12)17/h3,6-7,9-10H,1,4-5,8,11H2,2H3,(H,18,19). The summed E-state index contributed by atoms with van der Waals surface area (Å²) in [6, 6.07) is 6.47. The van der Waals surface area contributed by atoms with Crippen molar-refractivity contribution < 1.29 is 19.4 Å². The molecular weight excluding hydrogens is 292 g/mol. The SMILES string of the molecule is C=CCCCC(C(=O)O)(C(=O)OCC)c1ccccc1Cl. The Bertz CT molecular complexity index is 527. The van der Waals surface area contributed by atoms with Crippen LogP contribution in [-0.4, -0.2) is 23.7 Å². The van der Waals surface area contributed by atoms with E-state index >= 15 is 0 Å². The third-order valence-corrected chi connectivity index (χ3v) is 3.61. The molecule has 0 saturated carbocycles. The van der Waals surface area contributed by atoms with E-state index in [0.29, 0.717) is 12.8 Å². The molecule has 0 aliphatic carbocycles. The van der Waals surface area contributed by atoms with Gasteiger partial charge in [-0.15, -0.1) is 6.58 Å². The number of allylic oxidation sites excluding steroid dienone is 1. The molecule has 1 rings (SSSR count). The molecule has 1 N–H and O–H groups in total. The summed E-state index contributed by atoms with van der Waals surface area (Å²) in [4.78, 5) is 24.3. The van der Waals surface area contributed by atoms with E-state index in [2.05, 4.69) is 6.58 Å². The molecule has 0 aliphatic heterocycles. The minimum atomic E-state index is -1.78. The molecule has 21 heavy (non-hydrogen) atoms. The van der Waals surface area contributed by atoms with Gasteiger partial charge in [0.1, 0.15) is 0 Å². The van der Waals surface area contributed by atoms with Gasteiger partial charge in [0.05, 0.1) is 6.61 Å². The van der Waals surface area contributed by atoms with Crippen LogP contribution in [0.5, 0.6) is 0 Å². The number of hydrogen-bond donors (Lipinski definition) is 1. The Balaban J connectivity index is 3.36. The number of rotatable bonds is 8. The normalized spacial score (nSPS) is 13.2. The van der Waals surface area contributed by atoms with E-state index in [4.69, 9.17) is 16.3 Å². The van der Waals surface area contributed by atoms with Crippen molar-refractivity contribution in [1.29, 1.82) is 0 Å². The third-order valence-electron chi connectivity index (χ3n) is 3.28. The fraction of sp³-hybridized carbons (Fsp3) is 0.375. The predicted octanol–water partition coefficient (Wildman–Crippen LogP) is 3.58. The average molecular weight is 311 g/mol. The van der Waals surface area contributed by atoms with E-state index in [1.807, 2.05) is 0 Å². The minimum Gasteiger partial charge on any atom is -0.480 e. The van der Waals surface area contributed by atoms with Crippen molar-refractivity contribution in [2.24, 2.45) is 0 Å². The number of carbonyl (C=O) groups excluding carboxylic acids is 1. The van der Waals surface area contributed by atoms with Crippen LogP contribution in [0, 0.1) is 0 Å². The second-order valence-electron chi connectivity index (χ2n) is 4.59. The minimum absolute atomic E-state index is 0.108. The van der Waals surface area contributed by atoms with Crippen LogP contribution >= 0.6 is 11.6 Å². The summed E-state index contributed by atoms with van der Waals surface area (Å²) in [7, 11) is 0. The van der Waals surface area contributed by atoms with E-state index < -0.39 is 17.4 Å². The summed E-state index contributed by atoms with van der Waals surface area (Å²) in [6.45, 7) is 5.36. The number of carbonyl (C=O) groups is 2. The fourth-order valence-corrected chi connectivity index (χ4v) is 2.53. The van der Waals surface area contributed by atoms with Crippen LogP contribution in [0.2, 0.25) is 5.02 Å².